The molecule has 3 atom stereocenters. The van der Waals surface area contributed by atoms with Gasteiger partial charge < -0.3 is 10.2 Å². The van der Waals surface area contributed by atoms with Gasteiger partial charge in [-0.05, 0) is 36.5 Å². The Bertz CT molecular complexity index is 1120. The molecule has 3 aromatic rings. The van der Waals surface area contributed by atoms with Gasteiger partial charge in [-0.15, -0.1) is 0 Å². The molecule has 1 N–H and O–H groups in total. The molecule has 1 aromatic carbocycles. The lowest BCUT2D eigenvalue weighted by Gasteiger charge is -2.37. The van der Waals surface area contributed by atoms with E-state index in [0.29, 0.717) is 6.54 Å². The van der Waals surface area contributed by atoms with Crippen LogP contribution in [0.3, 0.4) is 0 Å². The maximum Gasteiger partial charge on any atom is 0.410 e. The molecule has 1 saturated heterocycles. The van der Waals surface area contributed by atoms with E-state index in [1.54, 1.807) is 41.6 Å². The fraction of sp³-hybridized carbons (Fsp3) is 0.375. The molecule has 0 unspecified atom stereocenters. The van der Waals surface area contributed by atoms with Crippen molar-refractivity contribution in [3.63, 3.8) is 0 Å². The van der Waals surface area contributed by atoms with Crippen LogP contribution in [0.25, 0.3) is 0 Å². The minimum atomic E-state index is -4.49. The number of amides is 1. The van der Waals surface area contributed by atoms with Crippen LogP contribution in [0.1, 0.15) is 65.3 Å². The third-order valence-corrected chi connectivity index (χ3v) is 6.50. The van der Waals surface area contributed by atoms with E-state index < -0.39 is 18.3 Å². The van der Waals surface area contributed by atoms with Gasteiger partial charge >= 0.3 is 6.18 Å². The molecule has 2 aliphatic heterocycles. The second-order valence-corrected chi connectivity index (χ2v) is 8.55. The van der Waals surface area contributed by atoms with Crippen molar-refractivity contribution in [3.05, 3.63) is 77.7 Å². The van der Waals surface area contributed by atoms with Crippen molar-refractivity contribution in [2.24, 2.45) is 0 Å². The lowest BCUT2D eigenvalue weighted by atomic mass is 9.95. The van der Waals surface area contributed by atoms with Gasteiger partial charge in [0.1, 0.15) is 11.4 Å². The highest BCUT2D eigenvalue weighted by atomic mass is 19.4. The van der Waals surface area contributed by atoms with Crippen LogP contribution in [0.4, 0.5) is 19.0 Å². The third-order valence-electron chi connectivity index (χ3n) is 6.50. The monoisotopic (exact) mass is 455 g/mol. The molecule has 0 aliphatic carbocycles. The minimum Gasteiger partial charge on any atom is -0.363 e. The first-order valence-electron chi connectivity index (χ1n) is 11.1. The van der Waals surface area contributed by atoms with Crippen molar-refractivity contribution in [1.29, 1.82) is 0 Å². The maximum atomic E-state index is 14.0. The van der Waals surface area contributed by atoms with E-state index in [1.807, 2.05) is 18.2 Å². The van der Waals surface area contributed by atoms with E-state index in [0.717, 1.165) is 35.1 Å². The molecule has 5 rings (SSSR count). The zero-order chi connectivity index (χ0) is 23.0. The Balaban J connectivity index is 1.51. The average Bonchev–Trinajstić information content (AvgIpc) is 3.27. The Labute approximate surface area is 189 Å². The highest BCUT2D eigenvalue weighted by Crippen LogP contribution is 2.45. The fourth-order valence-electron chi connectivity index (χ4n) is 4.87. The number of piperidine rings is 1. The molecule has 33 heavy (non-hydrogen) atoms. The van der Waals surface area contributed by atoms with E-state index in [9.17, 15) is 18.0 Å². The summed E-state index contributed by atoms with van der Waals surface area (Å²) in [5, 5.41) is 7.20. The first-order valence-corrected chi connectivity index (χ1v) is 11.1. The number of halogens is 3. The second-order valence-electron chi connectivity index (χ2n) is 8.55. The van der Waals surface area contributed by atoms with Gasteiger partial charge in [0.05, 0.1) is 18.3 Å². The molecule has 1 amide bonds. The van der Waals surface area contributed by atoms with Crippen molar-refractivity contribution < 1.29 is 18.0 Å². The van der Waals surface area contributed by atoms with Crippen LogP contribution in [-0.4, -0.2) is 38.3 Å². The van der Waals surface area contributed by atoms with E-state index in [1.165, 1.54) is 6.20 Å². The van der Waals surface area contributed by atoms with Crippen LogP contribution in [-0.2, 0) is 0 Å². The summed E-state index contributed by atoms with van der Waals surface area (Å²) in [6, 6.07) is 10.2. The van der Waals surface area contributed by atoms with Crippen LogP contribution in [0.15, 0.2) is 61.1 Å². The topological polar surface area (TPSA) is 63.1 Å². The number of aromatic nitrogens is 3. The number of nitrogens with one attached hydrogen (secondary N) is 1. The molecular weight excluding hydrogens is 431 g/mol. The highest BCUT2D eigenvalue weighted by Gasteiger charge is 2.47. The largest absolute Gasteiger partial charge is 0.410 e. The Hall–Kier alpha value is -3.36. The van der Waals surface area contributed by atoms with E-state index in [2.05, 4.69) is 15.4 Å². The number of rotatable bonds is 3. The number of carbonyl (C=O) groups excluding carboxylic acids is 1. The summed E-state index contributed by atoms with van der Waals surface area (Å²) in [5.41, 5.74) is 1.83. The summed E-state index contributed by atoms with van der Waals surface area (Å²) in [7, 11) is 0. The number of hydrogen-bond acceptors (Lipinski definition) is 4. The maximum absolute atomic E-state index is 14.0. The molecule has 2 aliphatic rings. The number of likely N-dealkylation sites (tertiary alicyclic amines) is 1. The molecule has 0 saturated carbocycles. The number of alkyl halides is 3. The molecule has 6 nitrogen and oxygen atoms in total. The van der Waals surface area contributed by atoms with Crippen LogP contribution >= 0.6 is 0 Å². The summed E-state index contributed by atoms with van der Waals surface area (Å²) in [6.45, 7) is 0.536. The smallest absolute Gasteiger partial charge is 0.363 e. The van der Waals surface area contributed by atoms with Crippen molar-refractivity contribution in [2.75, 3.05) is 11.9 Å². The number of fused-ring (bicyclic) bond motifs is 1. The number of pyridine rings is 1. The summed E-state index contributed by atoms with van der Waals surface area (Å²) in [4.78, 5) is 19.6. The molecule has 0 spiro atoms. The lowest BCUT2D eigenvalue weighted by Crippen LogP contribution is -2.40. The first kappa shape index (κ1) is 21.5. The Morgan fingerprint density at radius 3 is 2.55 bits per heavy atom. The van der Waals surface area contributed by atoms with Crippen LogP contribution in [0.2, 0.25) is 0 Å². The van der Waals surface area contributed by atoms with Crippen LogP contribution in [0.5, 0.6) is 0 Å². The van der Waals surface area contributed by atoms with E-state index in [4.69, 9.17) is 0 Å². The van der Waals surface area contributed by atoms with Gasteiger partial charge in [-0.3, -0.25) is 9.78 Å². The zero-order valence-corrected chi connectivity index (χ0v) is 17.9. The van der Waals surface area contributed by atoms with Gasteiger partial charge in [0, 0.05) is 25.4 Å². The highest BCUT2D eigenvalue weighted by molar-refractivity contribution is 5.99. The number of anilines is 1. The van der Waals surface area contributed by atoms with Gasteiger partial charge in [-0.25, -0.2) is 4.68 Å². The standard InChI is InChI=1S/C24H24F3N5O/c25-24(26,27)21-13-19(16-7-2-1-3-8-16)30-22-18(15-29-32(21)22)23(33)31-12-5-4-10-20(31)17-9-6-11-28-14-17/h1-3,6-9,11,14-15,19-21,30H,4-5,10,12-13H2/t19-,20+,21-/m0/s1. The van der Waals surface area contributed by atoms with Gasteiger partial charge in [0.2, 0.25) is 0 Å². The molecule has 0 radical (unpaired) electrons. The molecule has 0 bridgehead atoms. The van der Waals surface area contributed by atoms with Gasteiger partial charge in [0.25, 0.3) is 5.91 Å². The SMILES string of the molecule is O=C(c1cnn2c1N[C@H](c1ccccc1)C[C@H]2C(F)(F)F)N1CCCC[C@@H]1c1cccnc1. The van der Waals surface area contributed by atoms with E-state index in [-0.39, 0.29) is 29.8 Å². The van der Waals surface area contributed by atoms with E-state index >= 15 is 0 Å². The molecule has 1 fully saturated rings. The quantitative estimate of drug-likeness (QED) is 0.582. The summed E-state index contributed by atoms with van der Waals surface area (Å²) in [5.74, 6) is -0.190. The predicted molar refractivity (Wildman–Crippen MR) is 117 cm³/mol. The fourth-order valence-corrected chi connectivity index (χ4v) is 4.87. The molecule has 172 valence electrons. The summed E-state index contributed by atoms with van der Waals surface area (Å²) < 4.78 is 42.8. The lowest BCUT2D eigenvalue weighted by molar-refractivity contribution is -0.173. The Morgan fingerprint density at radius 2 is 1.82 bits per heavy atom. The minimum absolute atomic E-state index is 0.123. The van der Waals surface area contributed by atoms with Gasteiger partial charge in [-0.1, -0.05) is 36.4 Å². The summed E-state index contributed by atoms with van der Waals surface area (Å²) in [6.07, 6.45) is 2.61. The number of carbonyl (C=O) groups is 1. The normalized spacial score (nSPS) is 23.0. The second kappa shape index (κ2) is 8.53. The van der Waals surface area contributed by atoms with Gasteiger partial charge in [0.15, 0.2) is 6.04 Å². The van der Waals surface area contributed by atoms with Crippen molar-refractivity contribution >= 4 is 11.7 Å². The summed E-state index contributed by atoms with van der Waals surface area (Å²) >= 11 is 0. The molecule has 2 aromatic heterocycles. The zero-order valence-electron chi connectivity index (χ0n) is 17.9. The average molecular weight is 455 g/mol. The number of hydrogen-bond donors (Lipinski definition) is 1. The Morgan fingerprint density at radius 1 is 1.03 bits per heavy atom. The predicted octanol–water partition coefficient (Wildman–Crippen LogP) is 5.31. The first-order chi connectivity index (χ1) is 15.9. The van der Waals surface area contributed by atoms with Crippen molar-refractivity contribution in [1.82, 2.24) is 19.7 Å². The van der Waals surface area contributed by atoms with Gasteiger partial charge in [-0.2, -0.15) is 18.3 Å². The van der Waals surface area contributed by atoms with Crippen molar-refractivity contribution in [2.45, 2.75) is 50.0 Å². The Kier molecular flexibility index (Phi) is 5.55. The third kappa shape index (κ3) is 4.07. The molecule has 4 heterocycles. The van der Waals surface area contributed by atoms with Crippen LogP contribution < -0.4 is 5.32 Å². The number of benzene rings is 1. The molecule has 9 heteroatoms. The molecular formula is C24H24F3N5O. The van der Waals surface area contributed by atoms with Crippen LogP contribution in [0, 0.1) is 0 Å². The van der Waals surface area contributed by atoms with Crippen molar-refractivity contribution in [3.8, 4) is 0 Å². The number of nitrogens with zero attached hydrogens (tertiary/aromatic N) is 4.